The molecule has 5 rings (SSSR count). The minimum absolute atomic E-state index is 0.194. The molecule has 2 aliphatic heterocycles. The molecule has 0 unspecified atom stereocenters. The van der Waals surface area contributed by atoms with Gasteiger partial charge in [-0.15, -0.1) is 5.10 Å². The molecular formula is C24H30N6O2. The minimum Gasteiger partial charge on any atom is -0.454 e. The lowest BCUT2D eigenvalue weighted by atomic mass is 10.1. The molecule has 8 heteroatoms. The normalized spacial score (nSPS) is 17.0. The summed E-state index contributed by atoms with van der Waals surface area (Å²) < 4.78 is 12.9. The van der Waals surface area contributed by atoms with Crippen LogP contribution < -0.4 is 14.4 Å². The van der Waals surface area contributed by atoms with E-state index in [2.05, 4.69) is 64.3 Å². The number of piperazine rings is 1. The third-order valence-corrected chi connectivity index (χ3v) is 6.69. The van der Waals surface area contributed by atoms with Gasteiger partial charge in [0, 0.05) is 31.9 Å². The van der Waals surface area contributed by atoms with E-state index in [-0.39, 0.29) is 12.8 Å². The molecule has 2 aromatic carbocycles. The molecule has 0 amide bonds. The van der Waals surface area contributed by atoms with Crippen LogP contribution in [0.1, 0.15) is 41.9 Å². The second kappa shape index (κ2) is 8.78. The van der Waals surface area contributed by atoms with E-state index in [9.17, 15) is 0 Å². The maximum atomic E-state index is 5.52. The first-order chi connectivity index (χ1) is 15.6. The molecular weight excluding hydrogens is 404 g/mol. The van der Waals surface area contributed by atoms with Crippen molar-refractivity contribution in [3.63, 3.8) is 0 Å². The molecule has 168 valence electrons. The van der Waals surface area contributed by atoms with Crippen molar-refractivity contribution in [1.82, 2.24) is 25.1 Å². The molecule has 32 heavy (non-hydrogen) atoms. The Morgan fingerprint density at radius 2 is 1.81 bits per heavy atom. The first-order valence-corrected chi connectivity index (χ1v) is 11.3. The highest BCUT2D eigenvalue weighted by Crippen LogP contribution is 2.33. The van der Waals surface area contributed by atoms with Crippen LogP contribution in [0.25, 0.3) is 0 Å². The average molecular weight is 435 g/mol. The molecule has 0 saturated carbocycles. The summed E-state index contributed by atoms with van der Waals surface area (Å²) in [5.74, 6) is 2.50. The van der Waals surface area contributed by atoms with E-state index in [0.29, 0.717) is 6.54 Å². The van der Waals surface area contributed by atoms with Crippen LogP contribution in [0.3, 0.4) is 0 Å². The molecule has 0 aliphatic carbocycles. The van der Waals surface area contributed by atoms with Gasteiger partial charge in [-0.05, 0) is 65.6 Å². The third-order valence-electron chi connectivity index (χ3n) is 6.69. The predicted molar refractivity (Wildman–Crippen MR) is 122 cm³/mol. The Balaban J connectivity index is 1.29. The van der Waals surface area contributed by atoms with Crippen molar-refractivity contribution in [2.45, 2.75) is 39.8 Å². The van der Waals surface area contributed by atoms with Crippen LogP contribution >= 0.6 is 0 Å². The second-order valence-electron chi connectivity index (χ2n) is 8.55. The summed E-state index contributed by atoms with van der Waals surface area (Å²) in [6.45, 7) is 11.5. The summed E-state index contributed by atoms with van der Waals surface area (Å²) in [5, 5.41) is 12.7. The van der Waals surface area contributed by atoms with Gasteiger partial charge in [0.05, 0.1) is 12.6 Å². The van der Waals surface area contributed by atoms with E-state index >= 15 is 0 Å². The number of anilines is 1. The van der Waals surface area contributed by atoms with Crippen molar-refractivity contribution in [2.24, 2.45) is 0 Å². The number of aryl methyl sites for hydroxylation is 1. The Labute approximate surface area is 188 Å². The van der Waals surface area contributed by atoms with Gasteiger partial charge >= 0.3 is 0 Å². The smallest absolute Gasteiger partial charge is 0.231 e. The number of fused-ring (bicyclic) bond motifs is 1. The van der Waals surface area contributed by atoms with Crippen molar-refractivity contribution < 1.29 is 9.47 Å². The quantitative estimate of drug-likeness (QED) is 0.589. The van der Waals surface area contributed by atoms with Gasteiger partial charge in [-0.1, -0.05) is 25.1 Å². The minimum atomic E-state index is 0.194. The lowest BCUT2D eigenvalue weighted by Crippen LogP contribution is -2.48. The van der Waals surface area contributed by atoms with Gasteiger partial charge in [-0.25, -0.2) is 4.68 Å². The number of rotatable bonds is 6. The molecule has 1 aromatic heterocycles. The molecule has 1 fully saturated rings. The van der Waals surface area contributed by atoms with E-state index < -0.39 is 0 Å². The van der Waals surface area contributed by atoms with E-state index in [4.69, 9.17) is 9.47 Å². The second-order valence-corrected chi connectivity index (χ2v) is 8.55. The zero-order valence-corrected chi connectivity index (χ0v) is 19.0. The first kappa shape index (κ1) is 20.8. The summed E-state index contributed by atoms with van der Waals surface area (Å²) in [6.07, 6.45) is 0.963. The molecule has 0 radical (unpaired) electrons. The molecule has 2 aliphatic rings. The Kier molecular flexibility index (Phi) is 5.70. The summed E-state index contributed by atoms with van der Waals surface area (Å²) in [6, 6.07) is 12.8. The lowest BCUT2D eigenvalue weighted by Gasteiger charge is -2.40. The van der Waals surface area contributed by atoms with Crippen LogP contribution in [0.4, 0.5) is 5.69 Å². The number of tetrazole rings is 1. The number of aromatic nitrogens is 4. The van der Waals surface area contributed by atoms with E-state index in [0.717, 1.165) is 55.5 Å². The van der Waals surface area contributed by atoms with E-state index in [1.165, 1.54) is 16.8 Å². The van der Waals surface area contributed by atoms with Crippen molar-refractivity contribution in [1.29, 1.82) is 0 Å². The van der Waals surface area contributed by atoms with Gasteiger partial charge in [-0.2, -0.15) is 0 Å². The summed E-state index contributed by atoms with van der Waals surface area (Å²) in [4.78, 5) is 5.02. The van der Waals surface area contributed by atoms with Crippen molar-refractivity contribution in [3.8, 4) is 11.5 Å². The molecule has 1 saturated heterocycles. The fourth-order valence-electron chi connectivity index (χ4n) is 4.73. The van der Waals surface area contributed by atoms with Crippen molar-refractivity contribution >= 4 is 5.69 Å². The monoisotopic (exact) mass is 434 g/mol. The standard InChI is InChI=1S/C24H30N6O2/c1-4-20(28-10-12-29(13-11-28)21-7-5-6-17(2)18(21)3)24-25-26-27-30(24)15-19-8-9-22-23(14-19)32-16-31-22/h5-9,14,20H,4,10-13,15-16H2,1-3H3/t20-/m1/s1. The summed E-state index contributed by atoms with van der Waals surface area (Å²) in [7, 11) is 0. The van der Waals surface area contributed by atoms with Crippen LogP contribution in [-0.2, 0) is 6.54 Å². The number of ether oxygens (including phenoxy) is 2. The molecule has 3 aromatic rings. The van der Waals surface area contributed by atoms with Crippen molar-refractivity contribution in [2.75, 3.05) is 37.9 Å². The Hall–Kier alpha value is -3.13. The average Bonchev–Trinajstić information content (AvgIpc) is 3.46. The lowest BCUT2D eigenvalue weighted by molar-refractivity contribution is 0.169. The van der Waals surface area contributed by atoms with Crippen molar-refractivity contribution in [3.05, 3.63) is 58.9 Å². The Morgan fingerprint density at radius 1 is 1.00 bits per heavy atom. The van der Waals surface area contributed by atoms with Crippen LogP contribution in [0.15, 0.2) is 36.4 Å². The largest absolute Gasteiger partial charge is 0.454 e. The highest BCUT2D eigenvalue weighted by Gasteiger charge is 2.28. The Morgan fingerprint density at radius 3 is 2.62 bits per heavy atom. The number of nitrogens with zero attached hydrogens (tertiary/aromatic N) is 6. The fraction of sp³-hybridized carbons (Fsp3) is 0.458. The summed E-state index contributed by atoms with van der Waals surface area (Å²) in [5.41, 5.74) is 5.17. The molecule has 1 atom stereocenters. The van der Waals surface area contributed by atoms with Gasteiger partial charge in [0.25, 0.3) is 0 Å². The highest BCUT2D eigenvalue weighted by atomic mass is 16.7. The van der Waals surface area contributed by atoms with Gasteiger partial charge < -0.3 is 14.4 Å². The maximum Gasteiger partial charge on any atom is 0.231 e. The molecule has 0 bridgehead atoms. The number of hydrogen-bond acceptors (Lipinski definition) is 7. The maximum absolute atomic E-state index is 5.52. The fourth-order valence-corrected chi connectivity index (χ4v) is 4.73. The van der Waals surface area contributed by atoms with Gasteiger partial charge in [0.2, 0.25) is 6.79 Å². The third kappa shape index (κ3) is 3.90. The number of benzene rings is 2. The predicted octanol–water partition coefficient (Wildman–Crippen LogP) is 3.34. The van der Waals surface area contributed by atoms with E-state index in [1.807, 2.05) is 22.9 Å². The van der Waals surface area contributed by atoms with Crippen LogP contribution in [-0.4, -0.2) is 58.1 Å². The molecule has 8 nitrogen and oxygen atoms in total. The Bertz CT molecular complexity index is 1090. The van der Waals surface area contributed by atoms with Crippen LogP contribution in [0.2, 0.25) is 0 Å². The van der Waals surface area contributed by atoms with Gasteiger partial charge in [-0.3, -0.25) is 4.90 Å². The molecule has 0 spiro atoms. The number of hydrogen-bond donors (Lipinski definition) is 0. The molecule has 3 heterocycles. The van der Waals surface area contributed by atoms with Crippen LogP contribution in [0.5, 0.6) is 11.5 Å². The molecule has 0 N–H and O–H groups in total. The zero-order valence-electron chi connectivity index (χ0n) is 19.0. The van der Waals surface area contributed by atoms with Crippen LogP contribution in [0, 0.1) is 13.8 Å². The summed E-state index contributed by atoms with van der Waals surface area (Å²) >= 11 is 0. The first-order valence-electron chi connectivity index (χ1n) is 11.3. The zero-order chi connectivity index (χ0) is 22.1. The topological polar surface area (TPSA) is 68.5 Å². The van der Waals surface area contributed by atoms with E-state index in [1.54, 1.807) is 0 Å². The highest BCUT2D eigenvalue weighted by molar-refractivity contribution is 5.56. The van der Waals surface area contributed by atoms with Gasteiger partial charge in [0.1, 0.15) is 0 Å². The SMILES string of the molecule is CC[C@H](c1nnnn1Cc1ccc2c(c1)OCO2)N1CCN(c2cccc(C)c2C)CC1. The van der Waals surface area contributed by atoms with Gasteiger partial charge in [0.15, 0.2) is 17.3 Å².